The molecule has 4 heteroatoms. The van der Waals surface area contributed by atoms with Crippen molar-refractivity contribution in [3.05, 3.63) is 17.0 Å². The van der Waals surface area contributed by atoms with Crippen molar-refractivity contribution in [2.45, 2.75) is 46.1 Å². The molecule has 1 N–H and O–H groups in total. The van der Waals surface area contributed by atoms with Crippen LogP contribution in [0.25, 0.3) is 0 Å². The highest BCUT2D eigenvalue weighted by molar-refractivity contribution is 5.75. The number of carbonyl (C=O) groups is 1. The van der Waals surface area contributed by atoms with Crippen LogP contribution in [0.3, 0.4) is 0 Å². The molecule has 4 nitrogen and oxygen atoms in total. The predicted octanol–water partition coefficient (Wildman–Crippen LogP) is 2.27. The maximum atomic E-state index is 10.9. The van der Waals surface area contributed by atoms with Crippen LogP contribution in [-0.4, -0.2) is 20.9 Å². The van der Waals surface area contributed by atoms with Gasteiger partial charge in [-0.15, -0.1) is 0 Å². The van der Waals surface area contributed by atoms with Crippen molar-refractivity contribution in [2.24, 2.45) is 5.92 Å². The lowest BCUT2D eigenvalue weighted by Crippen LogP contribution is -2.05. The molecule has 0 saturated heterocycles. The van der Waals surface area contributed by atoms with Crippen LogP contribution in [0.4, 0.5) is 0 Å². The van der Waals surface area contributed by atoms with Gasteiger partial charge in [0.25, 0.3) is 0 Å². The van der Waals surface area contributed by atoms with E-state index in [1.165, 1.54) is 0 Å². The smallest absolute Gasteiger partial charge is 0.307 e. The molecule has 2 rings (SSSR count). The SMILES string of the molecule is Cc1nn(C(C)C)c(C)c1C1CC1C(=O)O. The Morgan fingerprint density at radius 2 is 2.12 bits per heavy atom. The summed E-state index contributed by atoms with van der Waals surface area (Å²) in [4.78, 5) is 10.9. The Morgan fingerprint density at radius 1 is 1.50 bits per heavy atom. The number of hydrogen-bond acceptors (Lipinski definition) is 2. The van der Waals surface area contributed by atoms with Crippen molar-refractivity contribution in [2.75, 3.05) is 0 Å². The number of rotatable bonds is 3. The van der Waals surface area contributed by atoms with Gasteiger partial charge in [-0.1, -0.05) is 0 Å². The van der Waals surface area contributed by atoms with E-state index in [4.69, 9.17) is 5.11 Å². The van der Waals surface area contributed by atoms with E-state index in [1.807, 2.05) is 18.5 Å². The Balaban J connectivity index is 2.33. The highest BCUT2D eigenvalue weighted by Crippen LogP contribution is 2.49. The van der Waals surface area contributed by atoms with Gasteiger partial charge in [0.05, 0.1) is 11.6 Å². The van der Waals surface area contributed by atoms with Gasteiger partial charge in [0.1, 0.15) is 0 Å². The van der Waals surface area contributed by atoms with Crippen LogP contribution in [0.2, 0.25) is 0 Å². The van der Waals surface area contributed by atoms with Gasteiger partial charge in [-0.25, -0.2) is 0 Å². The molecule has 0 aliphatic heterocycles. The van der Waals surface area contributed by atoms with Gasteiger partial charge in [-0.3, -0.25) is 9.48 Å². The second-order valence-corrected chi connectivity index (χ2v) is 4.91. The van der Waals surface area contributed by atoms with Gasteiger partial charge in [0.15, 0.2) is 0 Å². The molecule has 1 heterocycles. The Hall–Kier alpha value is -1.32. The molecule has 2 unspecified atom stereocenters. The van der Waals surface area contributed by atoms with E-state index in [-0.39, 0.29) is 11.8 Å². The van der Waals surface area contributed by atoms with E-state index >= 15 is 0 Å². The number of aliphatic carboxylic acids is 1. The first-order valence-corrected chi connectivity index (χ1v) is 5.72. The average Bonchev–Trinajstić information content (AvgIpc) is 2.88. The Morgan fingerprint density at radius 3 is 2.50 bits per heavy atom. The van der Waals surface area contributed by atoms with E-state index in [9.17, 15) is 4.79 Å². The second-order valence-electron chi connectivity index (χ2n) is 4.91. The molecule has 0 spiro atoms. The van der Waals surface area contributed by atoms with Crippen molar-refractivity contribution < 1.29 is 9.90 Å². The summed E-state index contributed by atoms with van der Waals surface area (Å²) < 4.78 is 1.99. The number of carboxylic acid groups (broad SMARTS) is 1. The molecule has 1 aliphatic carbocycles. The van der Waals surface area contributed by atoms with Gasteiger partial charge in [-0.2, -0.15) is 5.10 Å². The summed E-state index contributed by atoms with van der Waals surface area (Å²) in [6.07, 6.45) is 0.765. The summed E-state index contributed by atoms with van der Waals surface area (Å²) in [5, 5.41) is 13.4. The van der Waals surface area contributed by atoms with Crippen molar-refractivity contribution >= 4 is 5.97 Å². The number of carboxylic acids is 1. The highest BCUT2D eigenvalue weighted by atomic mass is 16.4. The van der Waals surface area contributed by atoms with Gasteiger partial charge in [0, 0.05) is 17.7 Å². The molecule has 1 fully saturated rings. The summed E-state index contributed by atoms with van der Waals surface area (Å²) in [7, 11) is 0. The zero-order chi connectivity index (χ0) is 12.0. The fourth-order valence-corrected chi connectivity index (χ4v) is 2.50. The minimum Gasteiger partial charge on any atom is -0.481 e. The summed E-state index contributed by atoms with van der Waals surface area (Å²) in [5.74, 6) is -0.687. The standard InChI is InChI=1S/C12H18N2O2/c1-6(2)14-8(4)11(7(3)13-14)9-5-10(9)12(15)16/h6,9-10H,5H2,1-4H3,(H,15,16). The first-order valence-electron chi connectivity index (χ1n) is 5.72. The van der Waals surface area contributed by atoms with Crippen LogP contribution in [0.15, 0.2) is 0 Å². The summed E-state index contributed by atoms with van der Waals surface area (Å²) in [6.45, 7) is 8.18. The molecule has 0 bridgehead atoms. The highest BCUT2D eigenvalue weighted by Gasteiger charge is 2.46. The third-order valence-corrected chi connectivity index (χ3v) is 3.35. The molecule has 1 aliphatic rings. The molecular weight excluding hydrogens is 204 g/mol. The van der Waals surface area contributed by atoms with Gasteiger partial charge >= 0.3 is 5.97 Å². The second kappa shape index (κ2) is 3.61. The molecule has 1 aromatic heterocycles. The number of aromatic nitrogens is 2. The quantitative estimate of drug-likeness (QED) is 0.853. The fraction of sp³-hybridized carbons (Fsp3) is 0.667. The van der Waals surface area contributed by atoms with E-state index in [0.717, 1.165) is 23.4 Å². The van der Waals surface area contributed by atoms with Gasteiger partial charge < -0.3 is 5.11 Å². The molecule has 0 aromatic carbocycles. The molecule has 16 heavy (non-hydrogen) atoms. The molecule has 0 radical (unpaired) electrons. The van der Waals surface area contributed by atoms with Crippen molar-refractivity contribution in [3.63, 3.8) is 0 Å². The third-order valence-electron chi connectivity index (χ3n) is 3.35. The fourth-order valence-electron chi connectivity index (χ4n) is 2.50. The van der Waals surface area contributed by atoms with E-state index < -0.39 is 5.97 Å². The summed E-state index contributed by atoms with van der Waals surface area (Å²) in [6, 6.07) is 0.328. The lowest BCUT2D eigenvalue weighted by molar-refractivity contribution is -0.138. The third kappa shape index (κ3) is 1.62. The number of hydrogen-bond donors (Lipinski definition) is 1. The zero-order valence-electron chi connectivity index (χ0n) is 10.2. The molecule has 0 amide bonds. The molecule has 1 saturated carbocycles. The minimum atomic E-state index is -0.680. The normalized spacial score (nSPS) is 23.8. The summed E-state index contributed by atoms with van der Waals surface area (Å²) in [5.41, 5.74) is 3.27. The monoisotopic (exact) mass is 222 g/mol. The first kappa shape index (κ1) is 11.2. The van der Waals surface area contributed by atoms with E-state index in [2.05, 4.69) is 18.9 Å². The Kier molecular flexibility index (Phi) is 2.52. The Bertz CT molecular complexity index is 434. The number of aryl methyl sites for hydroxylation is 1. The largest absolute Gasteiger partial charge is 0.481 e. The molecular formula is C12H18N2O2. The van der Waals surface area contributed by atoms with Crippen molar-refractivity contribution in [1.29, 1.82) is 0 Å². The van der Waals surface area contributed by atoms with Crippen LogP contribution in [0.5, 0.6) is 0 Å². The van der Waals surface area contributed by atoms with Crippen molar-refractivity contribution in [3.8, 4) is 0 Å². The van der Waals surface area contributed by atoms with Crippen LogP contribution < -0.4 is 0 Å². The lowest BCUT2D eigenvalue weighted by atomic mass is 10.1. The summed E-state index contributed by atoms with van der Waals surface area (Å²) >= 11 is 0. The maximum absolute atomic E-state index is 10.9. The Labute approximate surface area is 95.3 Å². The molecule has 88 valence electrons. The topological polar surface area (TPSA) is 55.1 Å². The van der Waals surface area contributed by atoms with Gasteiger partial charge in [-0.05, 0) is 39.7 Å². The zero-order valence-corrected chi connectivity index (χ0v) is 10.2. The molecule has 2 atom stereocenters. The van der Waals surface area contributed by atoms with E-state index in [1.54, 1.807) is 0 Å². The van der Waals surface area contributed by atoms with Crippen molar-refractivity contribution in [1.82, 2.24) is 9.78 Å². The van der Waals surface area contributed by atoms with Crippen LogP contribution >= 0.6 is 0 Å². The lowest BCUT2D eigenvalue weighted by Gasteiger charge is -2.08. The number of nitrogens with zero attached hydrogens (tertiary/aromatic N) is 2. The average molecular weight is 222 g/mol. The van der Waals surface area contributed by atoms with Crippen LogP contribution in [-0.2, 0) is 4.79 Å². The minimum absolute atomic E-state index is 0.185. The van der Waals surface area contributed by atoms with Gasteiger partial charge in [0.2, 0.25) is 0 Å². The van der Waals surface area contributed by atoms with Crippen LogP contribution in [0.1, 0.15) is 49.2 Å². The first-order chi connectivity index (χ1) is 7.43. The predicted molar refractivity (Wildman–Crippen MR) is 60.6 cm³/mol. The van der Waals surface area contributed by atoms with Crippen LogP contribution in [0, 0.1) is 19.8 Å². The maximum Gasteiger partial charge on any atom is 0.307 e. The van der Waals surface area contributed by atoms with E-state index in [0.29, 0.717) is 6.04 Å². The molecule has 1 aromatic rings.